The molecule has 0 aliphatic heterocycles. The van der Waals surface area contributed by atoms with Crippen molar-refractivity contribution in [3.63, 3.8) is 0 Å². The second-order valence-electron chi connectivity index (χ2n) is 9.66. The maximum Gasteiger partial charge on any atom is 0.328 e. The second kappa shape index (κ2) is 24.0. The summed E-state index contributed by atoms with van der Waals surface area (Å²) in [5.41, 5.74) is -0.920. The smallest absolute Gasteiger partial charge is 0.328 e. The number of aromatic nitrogens is 2. The van der Waals surface area contributed by atoms with Gasteiger partial charge in [0.05, 0.1) is 25.9 Å². The van der Waals surface area contributed by atoms with Crippen molar-refractivity contribution in [2.75, 3.05) is 32.8 Å². The lowest BCUT2D eigenvalue weighted by Gasteiger charge is -2.17. The molecule has 10 heteroatoms. The first-order valence-corrected chi connectivity index (χ1v) is 15.6. The molecule has 0 bridgehead atoms. The minimum Gasteiger partial charge on any atom is -0.381 e. The van der Waals surface area contributed by atoms with Crippen LogP contribution in [-0.4, -0.2) is 53.4 Å². The SMILES string of the molecule is CC(Cn1ccc(=O)[nH]c1=O)OCP(O)OCCCOCCCCCCCCCCCCCCCCF. The molecule has 0 radical (unpaired) electrons. The van der Waals surface area contributed by atoms with E-state index in [1.54, 1.807) is 6.92 Å². The highest BCUT2D eigenvalue weighted by Crippen LogP contribution is 2.31. The van der Waals surface area contributed by atoms with E-state index in [4.69, 9.17) is 14.0 Å². The normalized spacial score (nSPS) is 13.2. The molecule has 8 nitrogen and oxygen atoms in total. The largest absolute Gasteiger partial charge is 0.381 e. The van der Waals surface area contributed by atoms with Crippen molar-refractivity contribution in [2.45, 2.75) is 116 Å². The Hall–Kier alpha value is -1.12. The highest BCUT2D eigenvalue weighted by atomic mass is 31.2. The molecule has 0 spiro atoms. The molecule has 0 aliphatic rings. The Morgan fingerprint density at radius 3 is 1.97 bits per heavy atom. The van der Waals surface area contributed by atoms with E-state index in [0.717, 1.165) is 32.3 Å². The van der Waals surface area contributed by atoms with Gasteiger partial charge in [-0.2, -0.15) is 0 Å². The fourth-order valence-corrected chi connectivity index (χ4v) is 4.80. The predicted molar refractivity (Wildman–Crippen MR) is 148 cm³/mol. The zero-order valence-electron chi connectivity index (χ0n) is 22.8. The standard InChI is InChI=1S/C27H50FN2O6P/c1-25(23-30-19-17-26(31)29-27(30)32)35-24-37(33)36-22-16-21-34-20-15-13-11-9-7-5-3-2-4-6-8-10-12-14-18-28/h17,19,25,33H,2-16,18,20-24H2,1H3,(H,29,31,32). The van der Waals surface area contributed by atoms with E-state index in [1.165, 1.54) is 87.5 Å². The number of aromatic amines is 1. The van der Waals surface area contributed by atoms with Crippen LogP contribution in [0.5, 0.6) is 0 Å². The molecule has 1 heterocycles. The number of H-pyrrole nitrogens is 1. The van der Waals surface area contributed by atoms with Gasteiger partial charge in [-0.15, -0.1) is 0 Å². The molecule has 37 heavy (non-hydrogen) atoms. The van der Waals surface area contributed by atoms with Crippen molar-refractivity contribution in [2.24, 2.45) is 0 Å². The van der Waals surface area contributed by atoms with E-state index < -0.39 is 19.6 Å². The van der Waals surface area contributed by atoms with E-state index in [1.807, 2.05) is 0 Å². The molecule has 0 saturated carbocycles. The molecule has 216 valence electrons. The summed E-state index contributed by atoms with van der Waals surface area (Å²) in [6.07, 6.45) is 19.0. The van der Waals surface area contributed by atoms with E-state index in [-0.39, 0.29) is 25.7 Å². The van der Waals surface area contributed by atoms with Crippen LogP contribution in [0.25, 0.3) is 0 Å². The van der Waals surface area contributed by atoms with Gasteiger partial charge in [0.1, 0.15) is 6.35 Å². The number of unbranched alkanes of at least 4 members (excludes halogenated alkanes) is 13. The molecule has 2 unspecified atom stereocenters. The van der Waals surface area contributed by atoms with E-state index >= 15 is 0 Å². The number of hydrogen-bond donors (Lipinski definition) is 2. The number of hydrogen-bond acceptors (Lipinski definition) is 6. The molecule has 1 rings (SSSR count). The fourth-order valence-electron chi connectivity index (χ4n) is 4.00. The average molecular weight is 549 g/mol. The summed E-state index contributed by atoms with van der Waals surface area (Å²) in [6, 6.07) is 1.28. The Morgan fingerprint density at radius 2 is 1.41 bits per heavy atom. The Kier molecular flexibility index (Phi) is 22.0. The Balaban J connectivity index is 1.81. The summed E-state index contributed by atoms with van der Waals surface area (Å²) in [6.45, 7) is 3.70. The van der Waals surface area contributed by atoms with E-state index in [0.29, 0.717) is 13.2 Å². The Labute approximate surface area is 223 Å². The third kappa shape index (κ3) is 20.5. The van der Waals surface area contributed by atoms with Crippen molar-refractivity contribution in [1.82, 2.24) is 9.55 Å². The zero-order valence-corrected chi connectivity index (χ0v) is 23.7. The summed E-state index contributed by atoms with van der Waals surface area (Å²) < 4.78 is 30.0. The summed E-state index contributed by atoms with van der Waals surface area (Å²) in [7, 11) is -1.68. The van der Waals surface area contributed by atoms with Gasteiger partial charge in [0.25, 0.3) is 5.56 Å². The van der Waals surface area contributed by atoms with Gasteiger partial charge in [0.15, 0.2) is 8.38 Å². The summed E-state index contributed by atoms with van der Waals surface area (Å²) >= 11 is 0. The van der Waals surface area contributed by atoms with Gasteiger partial charge in [-0.1, -0.05) is 77.0 Å². The van der Waals surface area contributed by atoms with Gasteiger partial charge in [-0.3, -0.25) is 18.7 Å². The van der Waals surface area contributed by atoms with Crippen molar-refractivity contribution in [3.8, 4) is 0 Å². The molecule has 0 saturated heterocycles. The van der Waals surface area contributed by atoms with Gasteiger partial charge in [-0.05, 0) is 26.2 Å². The Bertz CT molecular complexity index is 763. The molecule has 1 aromatic rings. The van der Waals surface area contributed by atoms with Gasteiger partial charge in [-0.25, -0.2) is 4.79 Å². The molecule has 0 amide bonds. The first-order chi connectivity index (χ1) is 18.0. The third-order valence-electron chi connectivity index (χ3n) is 6.17. The Morgan fingerprint density at radius 1 is 0.865 bits per heavy atom. The average Bonchev–Trinajstić information content (AvgIpc) is 2.88. The minimum absolute atomic E-state index is 0.0675. The summed E-state index contributed by atoms with van der Waals surface area (Å²) in [5.74, 6) is 0. The van der Waals surface area contributed by atoms with Gasteiger partial charge in [0, 0.05) is 25.5 Å². The second-order valence-corrected chi connectivity index (χ2v) is 10.9. The van der Waals surface area contributed by atoms with E-state index in [9.17, 15) is 18.9 Å². The molecule has 1 aromatic heterocycles. The van der Waals surface area contributed by atoms with Crippen LogP contribution in [-0.2, 0) is 20.5 Å². The molecule has 0 aromatic carbocycles. The van der Waals surface area contributed by atoms with Crippen LogP contribution in [0.3, 0.4) is 0 Å². The topological polar surface area (TPSA) is 103 Å². The highest BCUT2D eigenvalue weighted by molar-refractivity contribution is 7.45. The first-order valence-electron chi connectivity index (χ1n) is 14.2. The van der Waals surface area contributed by atoms with Crippen LogP contribution in [0, 0.1) is 0 Å². The van der Waals surface area contributed by atoms with Gasteiger partial charge in [0.2, 0.25) is 0 Å². The van der Waals surface area contributed by atoms with Crippen LogP contribution >= 0.6 is 8.38 Å². The van der Waals surface area contributed by atoms with Crippen LogP contribution in [0.4, 0.5) is 4.39 Å². The summed E-state index contributed by atoms with van der Waals surface area (Å²) in [5, 5.41) is 0. The maximum atomic E-state index is 12.0. The van der Waals surface area contributed by atoms with E-state index in [2.05, 4.69) is 4.98 Å². The minimum atomic E-state index is -1.68. The van der Waals surface area contributed by atoms with Crippen LogP contribution in [0.1, 0.15) is 103 Å². The molecular weight excluding hydrogens is 498 g/mol. The monoisotopic (exact) mass is 548 g/mol. The fraction of sp³-hybridized carbons (Fsp3) is 0.852. The number of nitrogens with zero attached hydrogens (tertiary/aromatic N) is 1. The van der Waals surface area contributed by atoms with Crippen LogP contribution in [0.15, 0.2) is 21.9 Å². The first kappa shape index (κ1) is 33.9. The number of ether oxygens (including phenoxy) is 2. The molecular formula is C27H50FN2O6P. The number of alkyl halides is 1. The molecule has 2 N–H and O–H groups in total. The zero-order chi connectivity index (χ0) is 27.0. The number of halogens is 1. The van der Waals surface area contributed by atoms with Crippen molar-refractivity contribution in [1.29, 1.82) is 0 Å². The quantitative estimate of drug-likeness (QED) is 0.108. The lowest BCUT2D eigenvalue weighted by atomic mass is 10.0. The maximum absolute atomic E-state index is 12.0. The predicted octanol–water partition coefficient (Wildman–Crippen LogP) is 6.06. The molecule has 0 fully saturated rings. The van der Waals surface area contributed by atoms with Crippen molar-refractivity contribution < 1.29 is 23.3 Å². The number of rotatable bonds is 26. The third-order valence-corrected chi connectivity index (χ3v) is 7.02. The van der Waals surface area contributed by atoms with Gasteiger partial charge < -0.3 is 18.9 Å². The summed E-state index contributed by atoms with van der Waals surface area (Å²) in [4.78, 5) is 34.9. The number of nitrogens with one attached hydrogen (secondary N) is 1. The van der Waals surface area contributed by atoms with Crippen LogP contribution in [0.2, 0.25) is 0 Å². The highest BCUT2D eigenvalue weighted by Gasteiger charge is 2.10. The molecule has 2 atom stereocenters. The van der Waals surface area contributed by atoms with Crippen molar-refractivity contribution in [3.05, 3.63) is 33.1 Å². The van der Waals surface area contributed by atoms with Crippen molar-refractivity contribution >= 4 is 8.38 Å². The lowest BCUT2D eigenvalue weighted by Crippen LogP contribution is -2.32. The molecule has 0 aliphatic carbocycles. The van der Waals surface area contributed by atoms with Crippen LogP contribution < -0.4 is 11.2 Å². The lowest BCUT2D eigenvalue weighted by molar-refractivity contribution is 0.0751. The van der Waals surface area contributed by atoms with Gasteiger partial charge >= 0.3 is 5.69 Å².